The standard InChI is InChI=1S/C25H33BO5/c1-24(2)25(3,4)31-26(30-24)23-21(16-29-15-17-10-8-7-9-11-17)22(23)18-12-19(27-5)14-20(13-18)28-6/h7-14,21-23H,15-16H2,1-6H3/t21-,22-,23-/m0/s1. The van der Waals surface area contributed by atoms with Crippen molar-refractivity contribution >= 4 is 7.12 Å². The lowest BCUT2D eigenvalue weighted by atomic mass is 9.78. The number of methoxy groups -OCH3 is 2. The van der Waals surface area contributed by atoms with Crippen LogP contribution >= 0.6 is 0 Å². The number of rotatable bonds is 8. The Hall–Kier alpha value is -2.02. The fourth-order valence-corrected chi connectivity index (χ4v) is 4.41. The lowest BCUT2D eigenvalue weighted by Crippen LogP contribution is -2.41. The van der Waals surface area contributed by atoms with Gasteiger partial charge in [0.05, 0.1) is 38.6 Å². The SMILES string of the molecule is COc1cc(OC)cc([C@H]2[C@H](COCc3ccccc3)[C@@H]2B2OC(C)(C)C(C)(C)O2)c1. The summed E-state index contributed by atoms with van der Waals surface area (Å²) in [5.41, 5.74) is 1.64. The average molecular weight is 424 g/mol. The Bertz CT molecular complexity index is 860. The molecule has 3 atom stereocenters. The highest BCUT2D eigenvalue weighted by Crippen LogP contribution is 2.64. The summed E-state index contributed by atoms with van der Waals surface area (Å²) >= 11 is 0. The first-order valence-corrected chi connectivity index (χ1v) is 11.0. The Balaban J connectivity index is 1.54. The normalized spacial score (nSPS) is 26.0. The molecule has 0 unspecified atom stereocenters. The Morgan fingerprint density at radius 1 is 0.871 bits per heavy atom. The smallest absolute Gasteiger partial charge is 0.462 e. The second kappa shape index (κ2) is 8.49. The zero-order valence-corrected chi connectivity index (χ0v) is 19.4. The molecule has 5 nitrogen and oxygen atoms in total. The summed E-state index contributed by atoms with van der Waals surface area (Å²) in [6.07, 6.45) is 0. The minimum absolute atomic E-state index is 0.216. The van der Waals surface area contributed by atoms with Gasteiger partial charge in [-0.15, -0.1) is 0 Å². The molecule has 166 valence electrons. The summed E-state index contributed by atoms with van der Waals surface area (Å²) in [4.78, 5) is 0. The van der Waals surface area contributed by atoms with Crippen molar-refractivity contribution < 1.29 is 23.5 Å². The van der Waals surface area contributed by atoms with Gasteiger partial charge in [0.1, 0.15) is 11.5 Å². The molecule has 6 heteroatoms. The van der Waals surface area contributed by atoms with Gasteiger partial charge >= 0.3 is 7.12 Å². The van der Waals surface area contributed by atoms with Crippen LogP contribution in [0.15, 0.2) is 48.5 Å². The van der Waals surface area contributed by atoms with Crippen molar-refractivity contribution in [2.24, 2.45) is 5.92 Å². The highest BCUT2D eigenvalue weighted by Gasteiger charge is 2.65. The molecule has 31 heavy (non-hydrogen) atoms. The van der Waals surface area contributed by atoms with Crippen molar-refractivity contribution in [2.45, 2.75) is 57.2 Å². The van der Waals surface area contributed by atoms with E-state index in [4.69, 9.17) is 23.5 Å². The number of hydrogen-bond donors (Lipinski definition) is 0. The molecule has 1 heterocycles. The van der Waals surface area contributed by atoms with Crippen molar-refractivity contribution in [2.75, 3.05) is 20.8 Å². The third kappa shape index (κ3) is 4.47. The van der Waals surface area contributed by atoms with Gasteiger partial charge in [0.25, 0.3) is 0 Å². The van der Waals surface area contributed by atoms with Gasteiger partial charge in [0, 0.05) is 11.9 Å². The third-order valence-corrected chi connectivity index (χ3v) is 7.00. The molecule has 0 aromatic heterocycles. The van der Waals surface area contributed by atoms with Gasteiger partial charge in [0.2, 0.25) is 0 Å². The van der Waals surface area contributed by atoms with Crippen LogP contribution in [0.2, 0.25) is 5.82 Å². The Morgan fingerprint density at radius 2 is 1.45 bits per heavy atom. The molecule has 0 spiro atoms. The van der Waals surface area contributed by atoms with Crippen LogP contribution in [0.25, 0.3) is 0 Å². The van der Waals surface area contributed by atoms with Crippen LogP contribution in [0, 0.1) is 5.92 Å². The molecule has 0 radical (unpaired) electrons. The summed E-state index contributed by atoms with van der Waals surface area (Å²) < 4.78 is 29.9. The van der Waals surface area contributed by atoms with Crippen molar-refractivity contribution in [1.82, 2.24) is 0 Å². The van der Waals surface area contributed by atoms with Crippen LogP contribution in [-0.4, -0.2) is 39.1 Å². The zero-order valence-electron chi connectivity index (χ0n) is 19.4. The first-order chi connectivity index (χ1) is 14.8. The molecule has 2 fully saturated rings. The fourth-order valence-electron chi connectivity index (χ4n) is 4.41. The second-order valence-corrected chi connectivity index (χ2v) is 9.54. The lowest BCUT2D eigenvalue weighted by Gasteiger charge is -2.32. The maximum atomic E-state index is 6.41. The van der Waals surface area contributed by atoms with Gasteiger partial charge in [0.15, 0.2) is 0 Å². The van der Waals surface area contributed by atoms with Gasteiger partial charge in [-0.05, 0) is 62.8 Å². The van der Waals surface area contributed by atoms with E-state index >= 15 is 0 Å². The number of hydrogen-bond acceptors (Lipinski definition) is 5. The number of ether oxygens (including phenoxy) is 3. The largest absolute Gasteiger partial charge is 0.497 e. The second-order valence-electron chi connectivity index (χ2n) is 9.54. The molecular formula is C25H33BO5. The van der Waals surface area contributed by atoms with Gasteiger partial charge < -0.3 is 23.5 Å². The molecule has 0 bridgehead atoms. The quantitative estimate of drug-likeness (QED) is 0.552. The molecule has 2 aliphatic rings. The molecule has 1 aliphatic heterocycles. The van der Waals surface area contributed by atoms with E-state index in [2.05, 4.69) is 52.0 Å². The maximum Gasteiger partial charge on any atom is 0.462 e. The predicted molar refractivity (Wildman–Crippen MR) is 122 cm³/mol. The van der Waals surface area contributed by atoms with Crippen molar-refractivity contribution in [3.8, 4) is 11.5 Å². The molecule has 2 aromatic rings. The average Bonchev–Trinajstić information content (AvgIpc) is 3.41. The molecule has 1 saturated heterocycles. The Morgan fingerprint density at radius 3 is 2.00 bits per heavy atom. The van der Waals surface area contributed by atoms with E-state index in [0.29, 0.717) is 19.1 Å². The minimum Gasteiger partial charge on any atom is -0.497 e. The molecule has 1 saturated carbocycles. The molecule has 0 amide bonds. The number of benzene rings is 2. The predicted octanol–water partition coefficient (Wildman–Crippen LogP) is 5.10. The van der Waals surface area contributed by atoms with Crippen LogP contribution in [-0.2, 0) is 20.7 Å². The highest BCUT2D eigenvalue weighted by atomic mass is 16.7. The van der Waals surface area contributed by atoms with E-state index in [-0.39, 0.29) is 30.1 Å². The fraction of sp³-hybridized carbons (Fsp3) is 0.520. The summed E-state index contributed by atoms with van der Waals surface area (Å²) in [7, 11) is 3.09. The van der Waals surface area contributed by atoms with E-state index in [0.717, 1.165) is 11.5 Å². The summed E-state index contributed by atoms with van der Waals surface area (Å²) in [5.74, 6) is 2.36. The van der Waals surface area contributed by atoms with Crippen molar-refractivity contribution in [3.05, 3.63) is 59.7 Å². The van der Waals surface area contributed by atoms with Crippen LogP contribution in [0.1, 0.15) is 44.7 Å². The Labute approximate surface area is 186 Å². The van der Waals surface area contributed by atoms with Crippen molar-refractivity contribution in [1.29, 1.82) is 0 Å². The molecule has 0 N–H and O–H groups in total. The molecule has 4 rings (SSSR count). The van der Waals surface area contributed by atoms with E-state index in [1.165, 1.54) is 11.1 Å². The topological polar surface area (TPSA) is 46.2 Å². The summed E-state index contributed by atoms with van der Waals surface area (Å²) in [6.45, 7) is 9.63. The minimum atomic E-state index is -0.355. The highest BCUT2D eigenvalue weighted by molar-refractivity contribution is 6.49. The first-order valence-electron chi connectivity index (χ1n) is 11.0. The molecular weight excluding hydrogens is 391 g/mol. The van der Waals surface area contributed by atoms with Crippen LogP contribution in [0.4, 0.5) is 0 Å². The Kier molecular flexibility index (Phi) is 6.08. The van der Waals surface area contributed by atoms with Gasteiger partial charge in [-0.2, -0.15) is 0 Å². The van der Waals surface area contributed by atoms with Crippen LogP contribution < -0.4 is 9.47 Å². The molecule has 1 aliphatic carbocycles. The van der Waals surface area contributed by atoms with Gasteiger partial charge in [-0.3, -0.25) is 0 Å². The van der Waals surface area contributed by atoms with E-state index in [9.17, 15) is 0 Å². The van der Waals surface area contributed by atoms with Gasteiger partial charge in [-0.25, -0.2) is 0 Å². The van der Waals surface area contributed by atoms with Gasteiger partial charge in [-0.1, -0.05) is 30.3 Å². The monoisotopic (exact) mass is 424 g/mol. The molecule has 2 aromatic carbocycles. The maximum absolute atomic E-state index is 6.41. The first kappa shape index (κ1) is 22.2. The third-order valence-electron chi connectivity index (χ3n) is 7.00. The van der Waals surface area contributed by atoms with E-state index in [1.807, 2.05) is 24.3 Å². The summed E-state index contributed by atoms with van der Waals surface area (Å²) in [6, 6.07) is 16.3. The van der Waals surface area contributed by atoms with Crippen LogP contribution in [0.3, 0.4) is 0 Å². The van der Waals surface area contributed by atoms with E-state index in [1.54, 1.807) is 14.2 Å². The van der Waals surface area contributed by atoms with Crippen LogP contribution in [0.5, 0.6) is 11.5 Å². The lowest BCUT2D eigenvalue weighted by molar-refractivity contribution is 0.00578. The van der Waals surface area contributed by atoms with E-state index < -0.39 is 0 Å². The van der Waals surface area contributed by atoms with Crippen molar-refractivity contribution in [3.63, 3.8) is 0 Å². The summed E-state index contributed by atoms with van der Waals surface area (Å²) in [5, 5.41) is 0. The zero-order chi connectivity index (χ0) is 22.2.